The van der Waals surface area contributed by atoms with E-state index >= 15 is 0 Å². The molecule has 0 unspecified atom stereocenters. The molecule has 29 heavy (non-hydrogen) atoms. The van der Waals surface area contributed by atoms with Crippen LogP contribution in [0.2, 0.25) is 0 Å². The average molecular weight is 410 g/mol. The molecule has 2 N–H and O–H groups in total. The van der Waals surface area contributed by atoms with E-state index in [1.54, 1.807) is 30.6 Å². The number of rotatable bonds is 9. The number of pyridine rings is 1. The third-order valence-electron chi connectivity index (χ3n) is 4.70. The van der Waals surface area contributed by atoms with Crippen molar-refractivity contribution in [1.29, 1.82) is 0 Å². The van der Waals surface area contributed by atoms with Crippen LogP contribution in [-0.4, -0.2) is 33.0 Å². The topological polar surface area (TPSA) is 71.1 Å². The standard InChI is InChI=1S/C23H27N3O2S/c1-18(2)20-10-8-19(9-11-20)5-4-13-24-15-16-26-29(27,28)23-7-3-6-21-17-25-14-12-22(21)23/h3-12,14,17-18,24,26H,13,15-16H2,1-2H3/b5-4+. The highest BCUT2D eigenvalue weighted by molar-refractivity contribution is 7.89. The Morgan fingerprint density at radius 2 is 1.83 bits per heavy atom. The van der Waals surface area contributed by atoms with Gasteiger partial charge in [-0.2, -0.15) is 0 Å². The lowest BCUT2D eigenvalue weighted by atomic mass is 10.0. The van der Waals surface area contributed by atoms with Gasteiger partial charge in [-0.15, -0.1) is 0 Å². The van der Waals surface area contributed by atoms with E-state index in [-0.39, 0.29) is 4.90 Å². The zero-order valence-electron chi connectivity index (χ0n) is 16.8. The average Bonchev–Trinajstić information content (AvgIpc) is 2.73. The first-order valence-corrected chi connectivity index (χ1v) is 11.3. The number of hydrogen-bond donors (Lipinski definition) is 2. The number of aromatic nitrogens is 1. The van der Waals surface area contributed by atoms with Crippen LogP contribution in [0.25, 0.3) is 16.8 Å². The molecule has 0 saturated heterocycles. The van der Waals surface area contributed by atoms with E-state index < -0.39 is 10.0 Å². The second-order valence-electron chi connectivity index (χ2n) is 7.18. The normalized spacial score (nSPS) is 12.2. The maximum atomic E-state index is 12.6. The number of sulfonamides is 1. The van der Waals surface area contributed by atoms with Crippen LogP contribution in [0.3, 0.4) is 0 Å². The van der Waals surface area contributed by atoms with E-state index in [0.29, 0.717) is 30.9 Å². The van der Waals surface area contributed by atoms with Crippen LogP contribution in [0.5, 0.6) is 0 Å². The fourth-order valence-corrected chi connectivity index (χ4v) is 4.31. The van der Waals surface area contributed by atoms with Gasteiger partial charge in [-0.1, -0.05) is 62.4 Å². The number of benzene rings is 2. The first-order chi connectivity index (χ1) is 14.0. The molecule has 5 nitrogen and oxygen atoms in total. The van der Waals surface area contributed by atoms with E-state index in [1.165, 1.54) is 5.56 Å². The molecule has 0 atom stereocenters. The summed E-state index contributed by atoms with van der Waals surface area (Å²) in [5.74, 6) is 0.531. The molecule has 1 aromatic heterocycles. The molecule has 0 bridgehead atoms. The third-order valence-corrected chi connectivity index (χ3v) is 6.22. The molecule has 152 valence electrons. The molecule has 0 aliphatic heterocycles. The van der Waals surface area contributed by atoms with E-state index in [1.807, 2.05) is 12.1 Å². The van der Waals surface area contributed by atoms with Crippen molar-refractivity contribution in [2.45, 2.75) is 24.7 Å². The molecule has 0 saturated carbocycles. The molecule has 3 rings (SSSR count). The van der Waals surface area contributed by atoms with Crippen molar-refractivity contribution in [3.8, 4) is 0 Å². The van der Waals surface area contributed by atoms with Gasteiger partial charge in [0.2, 0.25) is 10.0 Å². The molecular weight excluding hydrogens is 382 g/mol. The van der Waals surface area contributed by atoms with Gasteiger partial charge < -0.3 is 5.32 Å². The molecule has 0 aliphatic carbocycles. The van der Waals surface area contributed by atoms with Crippen LogP contribution in [-0.2, 0) is 10.0 Å². The summed E-state index contributed by atoms with van der Waals surface area (Å²) in [5, 5.41) is 4.70. The number of fused-ring (bicyclic) bond motifs is 1. The summed E-state index contributed by atoms with van der Waals surface area (Å²) < 4.78 is 27.9. The summed E-state index contributed by atoms with van der Waals surface area (Å²) in [7, 11) is -3.57. The summed E-state index contributed by atoms with van der Waals surface area (Å²) >= 11 is 0. The molecule has 0 fully saturated rings. The van der Waals surface area contributed by atoms with Crippen LogP contribution in [0.1, 0.15) is 30.9 Å². The van der Waals surface area contributed by atoms with Gasteiger partial charge in [0, 0.05) is 42.8 Å². The van der Waals surface area contributed by atoms with Crippen molar-refractivity contribution in [1.82, 2.24) is 15.0 Å². The summed E-state index contributed by atoms with van der Waals surface area (Å²) in [6.07, 6.45) is 7.37. The SMILES string of the molecule is CC(C)c1ccc(/C=C/CNCCNS(=O)(=O)c2cccc3cnccc23)cc1. The molecular formula is C23H27N3O2S. The molecule has 0 aliphatic rings. The van der Waals surface area contributed by atoms with Crippen molar-refractivity contribution in [2.75, 3.05) is 19.6 Å². The first-order valence-electron chi connectivity index (χ1n) is 9.77. The summed E-state index contributed by atoms with van der Waals surface area (Å²) in [6, 6.07) is 15.4. The second-order valence-corrected chi connectivity index (χ2v) is 8.91. The van der Waals surface area contributed by atoms with E-state index in [2.05, 4.69) is 59.2 Å². The second kappa shape index (κ2) is 9.78. The van der Waals surface area contributed by atoms with Crippen LogP contribution >= 0.6 is 0 Å². The maximum absolute atomic E-state index is 12.6. The zero-order valence-corrected chi connectivity index (χ0v) is 17.6. The summed E-state index contributed by atoms with van der Waals surface area (Å²) in [5.41, 5.74) is 2.48. The van der Waals surface area contributed by atoms with Crippen molar-refractivity contribution < 1.29 is 8.42 Å². The number of hydrogen-bond acceptors (Lipinski definition) is 4. The minimum atomic E-state index is -3.57. The lowest BCUT2D eigenvalue weighted by molar-refractivity contribution is 0.579. The van der Waals surface area contributed by atoms with Gasteiger partial charge in [0.1, 0.15) is 0 Å². The quantitative estimate of drug-likeness (QED) is 0.525. The van der Waals surface area contributed by atoms with Gasteiger partial charge in [-0.05, 0) is 29.2 Å². The Morgan fingerprint density at radius 3 is 2.59 bits per heavy atom. The van der Waals surface area contributed by atoms with Crippen LogP contribution < -0.4 is 10.0 Å². The Balaban J connectivity index is 1.46. The largest absolute Gasteiger partial charge is 0.312 e. The van der Waals surface area contributed by atoms with Crippen LogP contribution in [0.4, 0.5) is 0 Å². The highest BCUT2D eigenvalue weighted by Crippen LogP contribution is 2.21. The fourth-order valence-electron chi connectivity index (χ4n) is 3.05. The van der Waals surface area contributed by atoms with Gasteiger partial charge in [0.05, 0.1) is 4.90 Å². The van der Waals surface area contributed by atoms with Gasteiger partial charge in [0.15, 0.2) is 0 Å². The van der Waals surface area contributed by atoms with Gasteiger partial charge in [-0.25, -0.2) is 13.1 Å². The van der Waals surface area contributed by atoms with Gasteiger partial charge >= 0.3 is 0 Å². The molecule has 0 spiro atoms. The Hall–Kier alpha value is -2.54. The summed E-state index contributed by atoms with van der Waals surface area (Å²) in [6.45, 7) is 5.90. The van der Waals surface area contributed by atoms with Crippen molar-refractivity contribution in [3.05, 3.63) is 78.1 Å². The minimum absolute atomic E-state index is 0.280. The van der Waals surface area contributed by atoms with Crippen LogP contribution in [0, 0.1) is 0 Å². The van der Waals surface area contributed by atoms with E-state index in [0.717, 1.165) is 10.9 Å². The monoisotopic (exact) mass is 409 g/mol. The van der Waals surface area contributed by atoms with Gasteiger partial charge in [-0.3, -0.25) is 4.98 Å². The number of nitrogens with one attached hydrogen (secondary N) is 2. The Labute approximate surface area is 172 Å². The lowest BCUT2D eigenvalue weighted by Gasteiger charge is -2.09. The predicted octanol–water partition coefficient (Wildman–Crippen LogP) is 3.94. The number of nitrogens with zero attached hydrogens (tertiary/aromatic N) is 1. The van der Waals surface area contributed by atoms with E-state index in [9.17, 15) is 8.42 Å². The Morgan fingerprint density at radius 1 is 1.03 bits per heavy atom. The van der Waals surface area contributed by atoms with Crippen molar-refractivity contribution >= 4 is 26.9 Å². The van der Waals surface area contributed by atoms with E-state index in [4.69, 9.17) is 0 Å². The molecule has 3 aromatic rings. The highest BCUT2D eigenvalue weighted by Gasteiger charge is 2.16. The molecule has 0 radical (unpaired) electrons. The van der Waals surface area contributed by atoms with Gasteiger partial charge in [0.25, 0.3) is 0 Å². The first kappa shape index (κ1) is 21.2. The smallest absolute Gasteiger partial charge is 0.241 e. The predicted molar refractivity (Wildman–Crippen MR) is 119 cm³/mol. The fraction of sp³-hybridized carbons (Fsp3) is 0.261. The Bertz CT molecular complexity index is 1070. The molecule has 1 heterocycles. The van der Waals surface area contributed by atoms with Crippen molar-refractivity contribution in [3.63, 3.8) is 0 Å². The molecule has 6 heteroatoms. The zero-order chi connectivity index (χ0) is 20.7. The Kier molecular flexibility index (Phi) is 7.14. The molecule has 0 amide bonds. The lowest BCUT2D eigenvalue weighted by Crippen LogP contribution is -2.32. The highest BCUT2D eigenvalue weighted by atomic mass is 32.2. The third kappa shape index (κ3) is 5.73. The van der Waals surface area contributed by atoms with Crippen LogP contribution in [0.15, 0.2) is 71.9 Å². The molecule has 2 aromatic carbocycles. The maximum Gasteiger partial charge on any atom is 0.241 e. The summed E-state index contributed by atoms with van der Waals surface area (Å²) in [4.78, 5) is 4.32. The van der Waals surface area contributed by atoms with Crippen molar-refractivity contribution in [2.24, 2.45) is 0 Å². The minimum Gasteiger partial charge on any atom is -0.312 e.